The van der Waals surface area contributed by atoms with E-state index in [1.165, 1.54) is 0 Å². The van der Waals surface area contributed by atoms with Crippen LogP contribution >= 0.6 is 0 Å². The number of benzene rings is 2. The number of nitro benzene ring substituents is 2. The number of carbonyl (C=O) groups is 2. The van der Waals surface area contributed by atoms with Crippen molar-refractivity contribution in [1.82, 2.24) is 10.4 Å². The van der Waals surface area contributed by atoms with Gasteiger partial charge in [0.2, 0.25) is 0 Å². The summed E-state index contributed by atoms with van der Waals surface area (Å²) in [6.45, 7) is 5.05. The van der Waals surface area contributed by atoms with Crippen molar-refractivity contribution < 1.29 is 19.4 Å². The predicted octanol–water partition coefficient (Wildman–Crippen LogP) is 3.09. The van der Waals surface area contributed by atoms with Crippen molar-refractivity contribution in [1.29, 1.82) is 0 Å². The van der Waals surface area contributed by atoms with Gasteiger partial charge in [0.05, 0.1) is 27.0 Å². The zero-order chi connectivity index (χ0) is 21.1. The molecule has 0 saturated heterocycles. The van der Waals surface area contributed by atoms with Gasteiger partial charge >= 0.3 is 0 Å². The van der Waals surface area contributed by atoms with E-state index in [0.717, 1.165) is 23.2 Å². The molecule has 1 N–H and O–H groups in total. The van der Waals surface area contributed by atoms with E-state index in [0.29, 0.717) is 5.56 Å². The van der Waals surface area contributed by atoms with Gasteiger partial charge in [0, 0.05) is 17.7 Å². The quantitative estimate of drug-likeness (QED) is 0.633. The number of non-ortho nitro benzene ring substituents is 2. The fourth-order valence-electron chi connectivity index (χ4n) is 2.34. The fraction of sp³-hybridized carbons (Fsp3) is 0.222. The average Bonchev–Trinajstić information content (AvgIpc) is 2.64. The number of nitrogens with one attached hydrogen (secondary N) is 1. The van der Waals surface area contributed by atoms with Gasteiger partial charge < -0.3 is 0 Å². The van der Waals surface area contributed by atoms with Crippen molar-refractivity contribution in [2.24, 2.45) is 0 Å². The summed E-state index contributed by atoms with van der Waals surface area (Å²) in [5.41, 5.74) is 0.376. The van der Waals surface area contributed by atoms with Gasteiger partial charge in [0.1, 0.15) is 0 Å². The van der Waals surface area contributed by atoms with Crippen molar-refractivity contribution in [2.45, 2.75) is 26.3 Å². The van der Waals surface area contributed by atoms with Gasteiger partial charge in [-0.25, -0.2) is 5.01 Å². The van der Waals surface area contributed by atoms with Crippen LogP contribution in [0.4, 0.5) is 11.4 Å². The lowest BCUT2D eigenvalue weighted by molar-refractivity contribution is -0.394. The van der Waals surface area contributed by atoms with Crippen LogP contribution in [0.3, 0.4) is 0 Å². The molecule has 0 aliphatic heterocycles. The average molecular weight is 386 g/mol. The van der Waals surface area contributed by atoms with Crippen molar-refractivity contribution in [3.05, 3.63) is 79.9 Å². The summed E-state index contributed by atoms with van der Waals surface area (Å²) >= 11 is 0. The highest BCUT2D eigenvalue weighted by atomic mass is 16.6. The lowest BCUT2D eigenvalue weighted by atomic mass is 10.1. The SMILES string of the molecule is CC(C)(C)N(NC(=O)c1cc([N+](=O)[O-])cc([N+](=O)[O-])c1)C(=O)c1ccccc1. The van der Waals surface area contributed by atoms with Crippen LogP contribution in [-0.2, 0) is 0 Å². The summed E-state index contributed by atoms with van der Waals surface area (Å²) in [5.74, 6) is -1.38. The van der Waals surface area contributed by atoms with Crippen LogP contribution in [0.1, 0.15) is 41.5 Å². The van der Waals surface area contributed by atoms with Crippen molar-refractivity contribution >= 4 is 23.2 Å². The Labute approximate surface area is 160 Å². The van der Waals surface area contributed by atoms with Gasteiger partial charge in [-0.2, -0.15) is 0 Å². The van der Waals surface area contributed by atoms with Crippen LogP contribution in [0.25, 0.3) is 0 Å². The maximum absolute atomic E-state index is 12.8. The molecule has 0 unspecified atom stereocenters. The molecule has 0 saturated carbocycles. The van der Waals surface area contributed by atoms with Crippen LogP contribution in [0, 0.1) is 20.2 Å². The first-order valence-electron chi connectivity index (χ1n) is 8.15. The van der Waals surface area contributed by atoms with E-state index in [1.54, 1.807) is 51.1 Å². The number of hydrazine groups is 1. The normalized spacial score (nSPS) is 10.8. The summed E-state index contributed by atoms with van der Waals surface area (Å²) in [5, 5.41) is 23.1. The van der Waals surface area contributed by atoms with Gasteiger partial charge in [-0.15, -0.1) is 0 Å². The Bertz CT molecular complexity index is 905. The second-order valence-electron chi connectivity index (χ2n) is 6.87. The van der Waals surface area contributed by atoms with Crippen molar-refractivity contribution in [2.75, 3.05) is 0 Å². The molecular formula is C18H18N4O6. The van der Waals surface area contributed by atoms with Crippen LogP contribution in [0.15, 0.2) is 48.5 Å². The molecule has 0 atom stereocenters. The molecule has 10 heteroatoms. The smallest absolute Gasteiger partial charge is 0.267 e. The maximum Gasteiger partial charge on any atom is 0.277 e. The minimum absolute atomic E-state index is 0.309. The first kappa shape index (κ1) is 20.5. The Hall–Kier alpha value is -3.82. The van der Waals surface area contributed by atoms with Gasteiger partial charge in [-0.05, 0) is 32.9 Å². The molecule has 0 spiro atoms. The Balaban J connectivity index is 2.40. The molecule has 0 aromatic heterocycles. The molecule has 28 heavy (non-hydrogen) atoms. The summed E-state index contributed by atoms with van der Waals surface area (Å²) in [4.78, 5) is 45.8. The largest absolute Gasteiger partial charge is 0.277 e. The van der Waals surface area contributed by atoms with Gasteiger partial charge in [-0.1, -0.05) is 18.2 Å². The van der Waals surface area contributed by atoms with Gasteiger partial charge in [-0.3, -0.25) is 35.2 Å². The van der Waals surface area contributed by atoms with Crippen molar-refractivity contribution in [3.8, 4) is 0 Å². The standard InChI is InChI=1S/C18H18N4O6/c1-18(2,3)20(17(24)12-7-5-4-6-8-12)19-16(23)13-9-14(21(25)26)11-15(10-13)22(27)28/h4-11H,1-3H3,(H,19,23). The molecule has 146 valence electrons. The molecule has 10 nitrogen and oxygen atoms in total. The first-order chi connectivity index (χ1) is 13.0. The number of nitrogens with zero attached hydrogens (tertiary/aromatic N) is 3. The molecule has 2 amide bonds. The van der Waals surface area contributed by atoms with Crippen LogP contribution in [0.2, 0.25) is 0 Å². The summed E-state index contributed by atoms with van der Waals surface area (Å²) in [6.07, 6.45) is 0. The minimum Gasteiger partial charge on any atom is -0.267 e. The van der Waals surface area contributed by atoms with Crippen LogP contribution in [-0.4, -0.2) is 32.2 Å². The van der Waals surface area contributed by atoms with E-state index >= 15 is 0 Å². The Morgan fingerprint density at radius 2 is 1.39 bits per heavy atom. The summed E-state index contributed by atoms with van der Waals surface area (Å²) in [6, 6.07) is 10.8. The Morgan fingerprint density at radius 1 is 0.893 bits per heavy atom. The van der Waals surface area contributed by atoms with Crippen LogP contribution in [0.5, 0.6) is 0 Å². The number of hydrogen-bond acceptors (Lipinski definition) is 6. The third-order valence-corrected chi connectivity index (χ3v) is 3.69. The molecule has 0 aliphatic carbocycles. The highest BCUT2D eigenvalue weighted by molar-refractivity contribution is 6.00. The third kappa shape index (κ3) is 4.67. The zero-order valence-electron chi connectivity index (χ0n) is 15.4. The van der Waals surface area contributed by atoms with Crippen molar-refractivity contribution in [3.63, 3.8) is 0 Å². The highest BCUT2D eigenvalue weighted by Gasteiger charge is 2.30. The fourth-order valence-corrected chi connectivity index (χ4v) is 2.34. The molecule has 0 radical (unpaired) electrons. The predicted molar refractivity (Wildman–Crippen MR) is 99.6 cm³/mol. The molecular weight excluding hydrogens is 368 g/mol. The maximum atomic E-state index is 12.8. The van der Waals surface area contributed by atoms with E-state index in [9.17, 15) is 29.8 Å². The van der Waals surface area contributed by atoms with Crippen LogP contribution < -0.4 is 5.43 Å². The second-order valence-corrected chi connectivity index (χ2v) is 6.87. The second kappa shape index (κ2) is 7.82. The lowest BCUT2D eigenvalue weighted by Gasteiger charge is -2.35. The number of nitro groups is 2. The summed E-state index contributed by atoms with van der Waals surface area (Å²) < 4.78 is 0. The topological polar surface area (TPSA) is 136 Å². The minimum atomic E-state index is -0.883. The van der Waals surface area contributed by atoms with E-state index in [-0.39, 0.29) is 5.56 Å². The number of amides is 2. The molecule has 2 rings (SSSR count). The summed E-state index contributed by atoms with van der Waals surface area (Å²) in [7, 11) is 0. The molecule has 0 heterocycles. The molecule has 0 bridgehead atoms. The van der Waals surface area contributed by atoms with Gasteiger partial charge in [0.25, 0.3) is 23.2 Å². The lowest BCUT2D eigenvalue weighted by Crippen LogP contribution is -2.55. The monoisotopic (exact) mass is 386 g/mol. The first-order valence-corrected chi connectivity index (χ1v) is 8.15. The van der Waals surface area contributed by atoms with Gasteiger partial charge in [0.15, 0.2) is 0 Å². The molecule has 2 aromatic rings. The van der Waals surface area contributed by atoms with E-state index < -0.39 is 38.6 Å². The molecule has 0 fully saturated rings. The molecule has 2 aromatic carbocycles. The van der Waals surface area contributed by atoms with E-state index in [1.807, 2.05) is 0 Å². The number of hydrogen-bond donors (Lipinski definition) is 1. The zero-order valence-corrected chi connectivity index (χ0v) is 15.4. The Kier molecular flexibility index (Phi) is 5.73. The molecule has 0 aliphatic rings. The number of rotatable bonds is 4. The Morgan fingerprint density at radius 3 is 1.82 bits per heavy atom. The highest BCUT2D eigenvalue weighted by Crippen LogP contribution is 2.23. The van der Waals surface area contributed by atoms with E-state index in [2.05, 4.69) is 5.43 Å². The van der Waals surface area contributed by atoms with E-state index in [4.69, 9.17) is 0 Å². The third-order valence-electron chi connectivity index (χ3n) is 3.69. The number of carbonyl (C=O) groups excluding carboxylic acids is 2.